The van der Waals surface area contributed by atoms with Crippen molar-refractivity contribution in [2.24, 2.45) is 0 Å². The number of halogens is 1. The number of hydrogen-bond donors (Lipinski definition) is 0. The average Bonchev–Trinajstić information content (AvgIpc) is 2.44. The number of carbonyl (C=O) groups excluding carboxylic acids is 1. The van der Waals surface area contributed by atoms with Crippen molar-refractivity contribution in [1.29, 1.82) is 0 Å². The summed E-state index contributed by atoms with van der Waals surface area (Å²) in [7, 11) is 0. The van der Waals surface area contributed by atoms with Gasteiger partial charge in [0.2, 0.25) is 0 Å². The molecule has 0 N–H and O–H groups in total. The van der Waals surface area contributed by atoms with Crippen LogP contribution in [0, 0.1) is 0 Å². The first kappa shape index (κ1) is 18.3. The van der Waals surface area contributed by atoms with Crippen molar-refractivity contribution in [3.8, 4) is 5.75 Å². The van der Waals surface area contributed by atoms with E-state index in [1.165, 1.54) is 12.0 Å². The van der Waals surface area contributed by atoms with Gasteiger partial charge in [0.15, 0.2) is 6.61 Å². The van der Waals surface area contributed by atoms with E-state index >= 15 is 0 Å². The van der Waals surface area contributed by atoms with Crippen molar-refractivity contribution in [3.05, 3.63) is 28.2 Å². The first-order valence-corrected chi connectivity index (χ1v) is 9.23. The third-order valence-electron chi connectivity index (χ3n) is 4.63. The molecule has 1 aliphatic rings. The van der Waals surface area contributed by atoms with E-state index in [1.807, 2.05) is 11.0 Å². The minimum absolute atomic E-state index is 0.0801. The van der Waals surface area contributed by atoms with Crippen LogP contribution in [-0.4, -0.2) is 29.5 Å². The Bertz CT molecular complexity index is 555. The van der Waals surface area contributed by atoms with Crippen molar-refractivity contribution in [2.45, 2.75) is 71.4 Å². The van der Waals surface area contributed by atoms with Crippen LogP contribution in [-0.2, 0) is 10.2 Å². The van der Waals surface area contributed by atoms with Gasteiger partial charge in [-0.2, -0.15) is 0 Å². The predicted molar refractivity (Wildman–Crippen MR) is 98.0 cm³/mol. The number of piperidine rings is 1. The van der Waals surface area contributed by atoms with E-state index in [0.717, 1.165) is 23.1 Å². The van der Waals surface area contributed by atoms with Crippen LogP contribution >= 0.6 is 15.9 Å². The number of carbonyl (C=O) groups is 1. The number of ether oxygens (including phenoxy) is 1. The summed E-state index contributed by atoms with van der Waals surface area (Å²) in [6, 6.07) is 6.70. The molecule has 0 radical (unpaired) electrons. The minimum Gasteiger partial charge on any atom is -0.483 e. The summed E-state index contributed by atoms with van der Waals surface area (Å²) >= 11 is 3.56. The Morgan fingerprint density at radius 2 is 1.87 bits per heavy atom. The number of nitrogens with zero attached hydrogens (tertiary/aromatic N) is 1. The Balaban J connectivity index is 2.02. The van der Waals surface area contributed by atoms with Crippen LogP contribution in [0.25, 0.3) is 0 Å². The molecule has 0 spiro atoms. The first-order chi connectivity index (χ1) is 10.7. The molecule has 2 atom stereocenters. The fourth-order valence-corrected chi connectivity index (χ4v) is 3.70. The van der Waals surface area contributed by atoms with Crippen LogP contribution in [0.2, 0.25) is 0 Å². The van der Waals surface area contributed by atoms with Gasteiger partial charge >= 0.3 is 0 Å². The van der Waals surface area contributed by atoms with E-state index in [4.69, 9.17) is 4.74 Å². The average molecular weight is 382 g/mol. The summed E-state index contributed by atoms with van der Waals surface area (Å²) in [6.07, 6.45) is 3.37. The van der Waals surface area contributed by atoms with Gasteiger partial charge < -0.3 is 9.64 Å². The molecule has 23 heavy (non-hydrogen) atoms. The molecule has 1 aromatic rings. The zero-order valence-corrected chi connectivity index (χ0v) is 16.4. The first-order valence-electron chi connectivity index (χ1n) is 8.44. The zero-order valence-electron chi connectivity index (χ0n) is 14.9. The minimum atomic E-state index is 0.0801. The van der Waals surface area contributed by atoms with Crippen LogP contribution in [0.1, 0.15) is 59.4 Å². The maximum absolute atomic E-state index is 12.5. The van der Waals surface area contributed by atoms with Gasteiger partial charge in [0.05, 0.1) is 4.47 Å². The SMILES string of the molecule is C[C@@H]1CCC[C@H](C)N1C(=O)COc1ccc(C(C)(C)C)cc1Br. The molecule has 0 bridgehead atoms. The van der Waals surface area contributed by atoms with Crippen molar-refractivity contribution < 1.29 is 9.53 Å². The lowest BCUT2D eigenvalue weighted by molar-refractivity contribution is -0.139. The molecule has 0 aliphatic carbocycles. The molecule has 1 heterocycles. The highest BCUT2D eigenvalue weighted by Gasteiger charge is 2.29. The lowest BCUT2D eigenvalue weighted by Gasteiger charge is -2.39. The molecule has 1 fully saturated rings. The monoisotopic (exact) mass is 381 g/mol. The highest BCUT2D eigenvalue weighted by molar-refractivity contribution is 9.10. The summed E-state index contributed by atoms with van der Waals surface area (Å²) in [5, 5.41) is 0. The van der Waals surface area contributed by atoms with Gasteiger partial charge in [-0.1, -0.05) is 26.8 Å². The maximum atomic E-state index is 12.5. The van der Waals surface area contributed by atoms with E-state index in [2.05, 4.69) is 62.7 Å². The lowest BCUT2D eigenvalue weighted by atomic mass is 9.87. The van der Waals surface area contributed by atoms with Crippen LogP contribution in [0.4, 0.5) is 0 Å². The molecular formula is C19H28BrNO2. The van der Waals surface area contributed by atoms with E-state index in [-0.39, 0.29) is 17.9 Å². The second kappa shape index (κ2) is 7.25. The molecule has 3 nitrogen and oxygen atoms in total. The summed E-state index contributed by atoms with van der Waals surface area (Å²) in [6.45, 7) is 10.9. The molecule has 1 saturated heterocycles. The van der Waals surface area contributed by atoms with Gasteiger partial charge in [0.1, 0.15) is 5.75 Å². The van der Waals surface area contributed by atoms with Gasteiger partial charge in [-0.25, -0.2) is 0 Å². The Morgan fingerprint density at radius 1 is 1.26 bits per heavy atom. The molecule has 0 unspecified atom stereocenters. The van der Waals surface area contributed by atoms with Gasteiger partial charge in [-0.3, -0.25) is 4.79 Å². The molecular weight excluding hydrogens is 354 g/mol. The van der Waals surface area contributed by atoms with E-state index in [1.54, 1.807) is 0 Å². The largest absolute Gasteiger partial charge is 0.483 e. The Kier molecular flexibility index (Phi) is 5.77. The maximum Gasteiger partial charge on any atom is 0.260 e. The molecule has 2 rings (SSSR count). The van der Waals surface area contributed by atoms with Gasteiger partial charge in [0.25, 0.3) is 5.91 Å². The summed E-state index contributed by atoms with van der Waals surface area (Å²) in [5.41, 5.74) is 1.33. The second-order valence-electron chi connectivity index (χ2n) is 7.61. The second-order valence-corrected chi connectivity index (χ2v) is 8.47. The van der Waals surface area contributed by atoms with E-state index in [9.17, 15) is 4.79 Å². The smallest absolute Gasteiger partial charge is 0.260 e. The van der Waals surface area contributed by atoms with Crippen LogP contribution < -0.4 is 4.74 Å². The third kappa shape index (κ3) is 4.50. The van der Waals surface area contributed by atoms with Crippen molar-refractivity contribution in [3.63, 3.8) is 0 Å². The van der Waals surface area contributed by atoms with Crippen LogP contribution in [0.15, 0.2) is 22.7 Å². The molecule has 128 valence electrons. The number of likely N-dealkylation sites (tertiary alicyclic amines) is 1. The van der Waals surface area contributed by atoms with Crippen molar-refractivity contribution >= 4 is 21.8 Å². The fraction of sp³-hybridized carbons (Fsp3) is 0.632. The number of hydrogen-bond acceptors (Lipinski definition) is 2. The number of rotatable bonds is 3. The van der Waals surface area contributed by atoms with E-state index < -0.39 is 0 Å². The summed E-state index contributed by atoms with van der Waals surface area (Å²) < 4.78 is 6.68. The molecule has 1 amide bonds. The van der Waals surface area contributed by atoms with Gasteiger partial charge in [0, 0.05) is 12.1 Å². The normalized spacial score (nSPS) is 22.1. The Labute approximate surface area is 148 Å². The Hall–Kier alpha value is -1.03. The van der Waals surface area contributed by atoms with Crippen molar-refractivity contribution in [2.75, 3.05) is 6.61 Å². The quantitative estimate of drug-likeness (QED) is 0.743. The van der Waals surface area contributed by atoms with Crippen molar-refractivity contribution in [1.82, 2.24) is 4.90 Å². The Morgan fingerprint density at radius 3 is 2.39 bits per heavy atom. The van der Waals surface area contributed by atoms with E-state index in [0.29, 0.717) is 12.1 Å². The predicted octanol–water partition coefficient (Wildman–Crippen LogP) is 4.91. The highest BCUT2D eigenvalue weighted by atomic mass is 79.9. The summed E-state index contributed by atoms with van der Waals surface area (Å²) in [5.74, 6) is 0.806. The molecule has 1 aromatic carbocycles. The zero-order chi connectivity index (χ0) is 17.2. The molecule has 1 aliphatic heterocycles. The highest BCUT2D eigenvalue weighted by Crippen LogP contribution is 2.31. The number of benzene rings is 1. The van der Waals surface area contributed by atoms with Crippen LogP contribution in [0.3, 0.4) is 0 Å². The molecule has 0 aromatic heterocycles. The number of amides is 1. The molecule has 4 heteroatoms. The van der Waals surface area contributed by atoms with Gasteiger partial charge in [-0.05, 0) is 72.2 Å². The topological polar surface area (TPSA) is 29.5 Å². The summed E-state index contributed by atoms with van der Waals surface area (Å²) in [4.78, 5) is 14.5. The van der Waals surface area contributed by atoms with Crippen LogP contribution in [0.5, 0.6) is 5.75 Å². The third-order valence-corrected chi connectivity index (χ3v) is 5.25. The lowest BCUT2D eigenvalue weighted by Crippen LogP contribution is -2.49. The molecule has 0 saturated carbocycles. The van der Waals surface area contributed by atoms with Gasteiger partial charge in [-0.15, -0.1) is 0 Å². The standard InChI is InChI=1S/C19H28BrNO2/c1-13-7-6-8-14(2)21(13)18(22)12-23-17-10-9-15(11-16(17)20)19(3,4)5/h9-11,13-14H,6-8,12H2,1-5H3/t13-,14+. The fourth-order valence-electron chi connectivity index (χ4n) is 3.21.